The topological polar surface area (TPSA) is 89.9 Å². The van der Waals surface area contributed by atoms with E-state index in [1.807, 2.05) is 18.2 Å². The number of aromatic nitrogens is 4. The Kier molecular flexibility index (Phi) is 7.17. The quantitative estimate of drug-likeness (QED) is 0.573. The van der Waals surface area contributed by atoms with Crippen LogP contribution in [0.4, 0.5) is 5.82 Å². The Hall–Kier alpha value is -2.90. The van der Waals surface area contributed by atoms with Crippen molar-refractivity contribution >= 4 is 23.2 Å². The molecule has 0 aromatic carbocycles. The Balaban J connectivity index is 1.44. The van der Waals surface area contributed by atoms with E-state index in [2.05, 4.69) is 25.3 Å². The van der Waals surface area contributed by atoms with E-state index in [0.29, 0.717) is 40.1 Å². The van der Waals surface area contributed by atoms with E-state index in [1.165, 1.54) is 0 Å². The minimum Gasteiger partial charge on any atom is -0.381 e. The first-order valence-electron chi connectivity index (χ1n) is 10.4. The Morgan fingerprint density at radius 2 is 2.00 bits per heavy atom. The summed E-state index contributed by atoms with van der Waals surface area (Å²) >= 11 is 6.39. The third kappa shape index (κ3) is 6.06. The number of carbonyl (C=O) groups is 1. The molecule has 0 atom stereocenters. The third-order valence-corrected chi connectivity index (χ3v) is 5.54. The summed E-state index contributed by atoms with van der Waals surface area (Å²) in [5.74, 6) is 1.33. The maximum Gasteiger partial charge on any atom is 0.145 e. The maximum atomic E-state index is 12.5. The van der Waals surface area contributed by atoms with E-state index < -0.39 is 0 Å². The second kappa shape index (κ2) is 10.4. The van der Waals surface area contributed by atoms with Crippen molar-refractivity contribution in [1.82, 2.24) is 19.9 Å². The maximum absolute atomic E-state index is 12.5. The molecule has 1 saturated heterocycles. The molecule has 7 nitrogen and oxygen atoms in total. The van der Waals surface area contributed by atoms with Gasteiger partial charge < -0.3 is 10.1 Å². The van der Waals surface area contributed by atoms with E-state index >= 15 is 0 Å². The Morgan fingerprint density at radius 1 is 1.13 bits per heavy atom. The number of ether oxygens (including phenoxy) is 1. The largest absolute Gasteiger partial charge is 0.381 e. The van der Waals surface area contributed by atoms with E-state index in [9.17, 15) is 4.79 Å². The van der Waals surface area contributed by atoms with Crippen molar-refractivity contribution in [3.05, 3.63) is 65.5 Å². The van der Waals surface area contributed by atoms with Crippen molar-refractivity contribution in [2.75, 3.05) is 25.1 Å². The third-order valence-electron chi connectivity index (χ3n) is 5.24. The predicted molar refractivity (Wildman–Crippen MR) is 119 cm³/mol. The number of nitrogens with one attached hydrogen (secondary N) is 1. The van der Waals surface area contributed by atoms with Crippen molar-refractivity contribution in [3.63, 3.8) is 0 Å². The highest BCUT2D eigenvalue weighted by Crippen LogP contribution is 2.27. The van der Waals surface area contributed by atoms with E-state index in [0.717, 1.165) is 38.2 Å². The molecule has 0 bridgehead atoms. The lowest BCUT2D eigenvalue weighted by Gasteiger charge is -2.22. The molecule has 0 radical (unpaired) electrons. The molecule has 4 rings (SSSR count). The standard InChI is InChI=1S/C23H24ClN5O2/c24-21-13-27-18(9-19(30)8-17-2-1-5-25-11-17)10-20(21)22-14-26-15-23(29-22)28-12-16-3-6-31-7-4-16/h1-2,5,10-11,13-16H,3-4,6-9,12H2,(H,28,29). The highest BCUT2D eigenvalue weighted by Gasteiger charge is 2.15. The lowest BCUT2D eigenvalue weighted by molar-refractivity contribution is -0.117. The van der Waals surface area contributed by atoms with Gasteiger partial charge in [0.2, 0.25) is 0 Å². The number of halogens is 1. The van der Waals surface area contributed by atoms with Gasteiger partial charge in [0.15, 0.2) is 0 Å². The summed E-state index contributed by atoms with van der Waals surface area (Å²) in [5, 5.41) is 3.84. The van der Waals surface area contributed by atoms with Crippen LogP contribution in [-0.2, 0) is 22.4 Å². The van der Waals surface area contributed by atoms with Crippen LogP contribution >= 0.6 is 11.6 Å². The minimum atomic E-state index is 0.0618. The van der Waals surface area contributed by atoms with Gasteiger partial charge in [-0.15, -0.1) is 0 Å². The van der Waals surface area contributed by atoms with Gasteiger partial charge in [0.1, 0.15) is 11.6 Å². The van der Waals surface area contributed by atoms with Crippen LogP contribution in [0.5, 0.6) is 0 Å². The van der Waals surface area contributed by atoms with Crippen molar-refractivity contribution in [1.29, 1.82) is 0 Å². The molecule has 3 aromatic heterocycles. The zero-order chi connectivity index (χ0) is 21.5. The van der Waals surface area contributed by atoms with Gasteiger partial charge in [0, 0.05) is 62.4 Å². The van der Waals surface area contributed by atoms with Crippen LogP contribution in [0, 0.1) is 5.92 Å². The summed E-state index contributed by atoms with van der Waals surface area (Å²) in [6, 6.07) is 5.53. The molecule has 0 spiro atoms. The van der Waals surface area contributed by atoms with E-state index in [-0.39, 0.29) is 12.2 Å². The summed E-state index contributed by atoms with van der Waals surface area (Å²) in [5.41, 5.74) is 2.89. The van der Waals surface area contributed by atoms with Crippen molar-refractivity contribution in [2.45, 2.75) is 25.7 Å². The molecular formula is C23H24ClN5O2. The van der Waals surface area contributed by atoms with Crippen LogP contribution in [-0.4, -0.2) is 45.5 Å². The number of nitrogens with zero attached hydrogens (tertiary/aromatic N) is 4. The Morgan fingerprint density at radius 3 is 2.81 bits per heavy atom. The molecule has 1 fully saturated rings. The van der Waals surface area contributed by atoms with E-state index in [1.54, 1.807) is 31.0 Å². The monoisotopic (exact) mass is 437 g/mol. The summed E-state index contributed by atoms with van der Waals surface area (Å²) < 4.78 is 5.41. The van der Waals surface area contributed by atoms with Gasteiger partial charge in [-0.2, -0.15) is 0 Å². The fraction of sp³-hybridized carbons (Fsp3) is 0.348. The molecule has 1 aliphatic heterocycles. The fourth-order valence-corrected chi connectivity index (χ4v) is 3.75. The van der Waals surface area contributed by atoms with Crippen LogP contribution in [0.1, 0.15) is 24.1 Å². The second-order valence-corrected chi connectivity index (χ2v) is 8.04. The van der Waals surface area contributed by atoms with Crippen molar-refractivity contribution in [3.8, 4) is 11.3 Å². The molecular weight excluding hydrogens is 414 g/mol. The number of rotatable bonds is 8. The first-order valence-corrected chi connectivity index (χ1v) is 10.7. The minimum absolute atomic E-state index is 0.0618. The second-order valence-electron chi connectivity index (χ2n) is 7.64. The summed E-state index contributed by atoms with van der Waals surface area (Å²) in [6.07, 6.45) is 11.0. The van der Waals surface area contributed by atoms with Crippen LogP contribution in [0.15, 0.2) is 49.2 Å². The Bertz CT molecular complexity index is 1030. The van der Waals surface area contributed by atoms with Crippen LogP contribution in [0.3, 0.4) is 0 Å². The van der Waals surface area contributed by atoms with Crippen LogP contribution in [0.2, 0.25) is 5.02 Å². The number of hydrogen-bond acceptors (Lipinski definition) is 7. The number of ketones is 1. The molecule has 1 aliphatic rings. The van der Waals surface area contributed by atoms with Gasteiger partial charge in [-0.3, -0.25) is 19.7 Å². The smallest absolute Gasteiger partial charge is 0.145 e. The van der Waals surface area contributed by atoms with Gasteiger partial charge >= 0.3 is 0 Å². The molecule has 0 unspecified atom stereocenters. The Labute approximate surface area is 186 Å². The summed E-state index contributed by atoms with van der Waals surface area (Å²) in [4.78, 5) is 29.8. The zero-order valence-electron chi connectivity index (χ0n) is 17.1. The lowest BCUT2D eigenvalue weighted by atomic mass is 10.0. The molecule has 3 aromatic rings. The van der Waals surface area contributed by atoms with Crippen LogP contribution in [0.25, 0.3) is 11.3 Å². The molecule has 31 heavy (non-hydrogen) atoms. The fourth-order valence-electron chi connectivity index (χ4n) is 3.55. The molecule has 4 heterocycles. The summed E-state index contributed by atoms with van der Waals surface area (Å²) in [6.45, 7) is 2.46. The first-order chi connectivity index (χ1) is 15.2. The normalized spacial score (nSPS) is 14.4. The number of Topliss-reactive ketones (excluding diaryl/α,β-unsaturated/α-hetero) is 1. The van der Waals surface area contributed by atoms with Gasteiger partial charge in [-0.1, -0.05) is 17.7 Å². The van der Waals surface area contributed by atoms with Gasteiger partial charge in [-0.05, 0) is 36.5 Å². The van der Waals surface area contributed by atoms with Gasteiger partial charge in [-0.25, -0.2) is 4.98 Å². The molecule has 1 N–H and O–H groups in total. The van der Waals surface area contributed by atoms with Gasteiger partial charge in [0.25, 0.3) is 0 Å². The van der Waals surface area contributed by atoms with Crippen molar-refractivity contribution in [2.24, 2.45) is 5.92 Å². The molecule has 8 heteroatoms. The number of pyridine rings is 2. The SMILES string of the molecule is O=C(Cc1cccnc1)Cc1cc(-c2cncc(NCC3CCOCC3)n2)c(Cl)cn1. The highest BCUT2D eigenvalue weighted by molar-refractivity contribution is 6.33. The summed E-state index contributed by atoms with van der Waals surface area (Å²) in [7, 11) is 0. The molecule has 0 aliphatic carbocycles. The zero-order valence-corrected chi connectivity index (χ0v) is 17.9. The van der Waals surface area contributed by atoms with Gasteiger partial charge in [0.05, 0.1) is 23.1 Å². The number of carbonyl (C=O) groups excluding carboxylic acids is 1. The highest BCUT2D eigenvalue weighted by atomic mass is 35.5. The van der Waals surface area contributed by atoms with Crippen LogP contribution < -0.4 is 5.32 Å². The van der Waals surface area contributed by atoms with E-state index in [4.69, 9.17) is 16.3 Å². The van der Waals surface area contributed by atoms with Crippen molar-refractivity contribution < 1.29 is 9.53 Å². The predicted octanol–water partition coefficient (Wildman–Crippen LogP) is 3.78. The average Bonchev–Trinajstić information content (AvgIpc) is 2.80. The average molecular weight is 438 g/mol. The number of hydrogen-bond donors (Lipinski definition) is 1. The molecule has 160 valence electrons. The first kappa shape index (κ1) is 21.3. The lowest BCUT2D eigenvalue weighted by Crippen LogP contribution is -2.23. The molecule has 0 amide bonds. The number of anilines is 1. The molecule has 0 saturated carbocycles.